The molecule has 0 aliphatic carbocycles. The zero-order chi connectivity index (χ0) is 16.7. The molecule has 0 aromatic heterocycles. The van der Waals surface area contributed by atoms with Crippen LogP contribution in [0, 0.1) is 6.92 Å². The first kappa shape index (κ1) is 17.2. The molecule has 0 fully saturated rings. The van der Waals surface area contributed by atoms with Crippen LogP contribution in [0.5, 0.6) is 11.5 Å². The van der Waals surface area contributed by atoms with E-state index < -0.39 is 0 Å². The van der Waals surface area contributed by atoms with Crippen molar-refractivity contribution in [3.63, 3.8) is 0 Å². The summed E-state index contributed by atoms with van der Waals surface area (Å²) in [5.41, 5.74) is 1.18. The van der Waals surface area contributed by atoms with Crippen molar-refractivity contribution in [1.82, 2.24) is 5.32 Å². The molecule has 0 radical (unpaired) electrons. The van der Waals surface area contributed by atoms with E-state index in [2.05, 4.69) is 5.32 Å². The van der Waals surface area contributed by atoms with Crippen molar-refractivity contribution in [3.8, 4) is 11.5 Å². The van der Waals surface area contributed by atoms with Crippen LogP contribution in [0.4, 0.5) is 0 Å². The predicted octanol–water partition coefficient (Wildman–Crippen LogP) is 3.61. The van der Waals surface area contributed by atoms with Crippen LogP contribution in [0.3, 0.4) is 0 Å². The van der Waals surface area contributed by atoms with Crippen LogP contribution in [-0.2, 0) is 4.79 Å². The van der Waals surface area contributed by atoms with Gasteiger partial charge in [0.1, 0.15) is 18.1 Å². The van der Waals surface area contributed by atoms with E-state index in [0.29, 0.717) is 17.4 Å². The molecule has 2 aromatic rings. The second kappa shape index (κ2) is 8.44. The number of aryl methyl sites for hydroxylation is 1. The highest BCUT2D eigenvalue weighted by Crippen LogP contribution is 2.22. The number of benzene rings is 2. The van der Waals surface area contributed by atoms with E-state index in [4.69, 9.17) is 21.1 Å². The number of rotatable bonds is 7. The molecule has 5 heteroatoms. The minimum Gasteiger partial charge on any atom is -0.491 e. The minimum atomic E-state index is -0.218. The van der Waals surface area contributed by atoms with Gasteiger partial charge in [0.2, 0.25) is 0 Å². The molecule has 4 nitrogen and oxygen atoms in total. The Morgan fingerprint density at radius 2 is 1.83 bits per heavy atom. The van der Waals surface area contributed by atoms with Gasteiger partial charge in [-0.15, -0.1) is 0 Å². The van der Waals surface area contributed by atoms with Crippen LogP contribution in [0.1, 0.15) is 12.5 Å². The maximum atomic E-state index is 11.9. The Bertz CT molecular complexity index is 643. The van der Waals surface area contributed by atoms with Gasteiger partial charge in [-0.1, -0.05) is 41.4 Å². The maximum absolute atomic E-state index is 11.9. The van der Waals surface area contributed by atoms with E-state index in [1.807, 2.05) is 38.1 Å². The fourth-order valence-electron chi connectivity index (χ4n) is 1.92. The molecule has 2 rings (SSSR count). The number of hydrogen-bond donors (Lipinski definition) is 1. The third kappa shape index (κ3) is 5.83. The Morgan fingerprint density at radius 1 is 1.13 bits per heavy atom. The number of hydrogen-bond acceptors (Lipinski definition) is 3. The molecule has 122 valence electrons. The summed E-state index contributed by atoms with van der Waals surface area (Å²) in [5, 5.41) is 3.30. The zero-order valence-corrected chi connectivity index (χ0v) is 14.0. The van der Waals surface area contributed by atoms with Crippen molar-refractivity contribution < 1.29 is 14.3 Å². The van der Waals surface area contributed by atoms with E-state index in [0.717, 1.165) is 5.75 Å². The van der Waals surface area contributed by atoms with Crippen LogP contribution >= 0.6 is 11.6 Å². The van der Waals surface area contributed by atoms with Crippen LogP contribution in [-0.4, -0.2) is 25.2 Å². The lowest BCUT2D eigenvalue weighted by Crippen LogP contribution is -2.39. The lowest BCUT2D eigenvalue weighted by atomic mass is 10.2. The van der Waals surface area contributed by atoms with Gasteiger partial charge in [-0.3, -0.25) is 4.79 Å². The van der Waals surface area contributed by atoms with Crippen LogP contribution < -0.4 is 14.8 Å². The van der Waals surface area contributed by atoms with E-state index in [1.165, 1.54) is 5.56 Å². The number of para-hydroxylation sites is 1. The molecule has 0 bridgehead atoms. The lowest BCUT2D eigenvalue weighted by molar-refractivity contribution is -0.123. The molecule has 0 heterocycles. The molecular formula is C18H20ClNO3. The second-order valence-electron chi connectivity index (χ2n) is 5.31. The fraction of sp³-hybridized carbons (Fsp3) is 0.278. The van der Waals surface area contributed by atoms with E-state index in [9.17, 15) is 4.79 Å². The second-order valence-corrected chi connectivity index (χ2v) is 5.72. The molecule has 1 N–H and O–H groups in total. The minimum absolute atomic E-state index is 0.0847. The number of amides is 1. The van der Waals surface area contributed by atoms with Crippen molar-refractivity contribution >= 4 is 17.5 Å². The number of carbonyl (C=O) groups excluding carboxylic acids is 1. The number of carbonyl (C=O) groups is 1. The summed E-state index contributed by atoms with van der Waals surface area (Å²) < 4.78 is 11.0. The van der Waals surface area contributed by atoms with Crippen molar-refractivity contribution in [3.05, 3.63) is 59.1 Å². The molecule has 0 unspecified atom stereocenters. The normalized spacial score (nSPS) is 11.6. The first-order valence-corrected chi connectivity index (χ1v) is 7.78. The Hall–Kier alpha value is -2.20. The third-order valence-electron chi connectivity index (χ3n) is 3.12. The van der Waals surface area contributed by atoms with Gasteiger partial charge < -0.3 is 14.8 Å². The Labute approximate surface area is 141 Å². The molecule has 2 aromatic carbocycles. The predicted molar refractivity (Wildman–Crippen MR) is 91.2 cm³/mol. The third-order valence-corrected chi connectivity index (χ3v) is 3.44. The summed E-state index contributed by atoms with van der Waals surface area (Å²) in [6, 6.07) is 14.7. The Balaban J connectivity index is 1.72. The van der Waals surface area contributed by atoms with Crippen LogP contribution in [0.25, 0.3) is 0 Å². The molecule has 0 aliphatic rings. The highest BCUT2D eigenvalue weighted by molar-refractivity contribution is 6.32. The summed E-state index contributed by atoms with van der Waals surface area (Å²) in [5.74, 6) is 1.06. The summed E-state index contributed by atoms with van der Waals surface area (Å²) in [4.78, 5) is 11.9. The number of ether oxygens (including phenoxy) is 2. The summed E-state index contributed by atoms with van der Waals surface area (Å²) in [6.45, 7) is 4.20. The van der Waals surface area contributed by atoms with Gasteiger partial charge >= 0.3 is 0 Å². The Morgan fingerprint density at radius 3 is 2.52 bits per heavy atom. The average molecular weight is 334 g/mol. The first-order chi connectivity index (χ1) is 11.0. The van der Waals surface area contributed by atoms with Crippen molar-refractivity contribution in [1.29, 1.82) is 0 Å². The van der Waals surface area contributed by atoms with E-state index in [1.54, 1.807) is 24.3 Å². The molecule has 0 saturated heterocycles. The standard InChI is InChI=1S/C18H20ClNO3/c1-13-7-9-15(10-8-13)22-11-14(2)20-18(21)12-23-17-6-4-3-5-16(17)19/h3-10,14H,11-12H2,1-2H3,(H,20,21)/t14-/m0/s1. The van der Waals surface area contributed by atoms with Crippen molar-refractivity contribution in [2.24, 2.45) is 0 Å². The number of nitrogens with one attached hydrogen (secondary N) is 1. The molecular weight excluding hydrogens is 314 g/mol. The van der Waals surface area contributed by atoms with E-state index >= 15 is 0 Å². The Kier molecular flexibility index (Phi) is 6.29. The summed E-state index contributed by atoms with van der Waals surface area (Å²) >= 11 is 5.97. The summed E-state index contributed by atoms with van der Waals surface area (Å²) in [7, 11) is 0. The SMILES string of the molecule is Cc1ccc(OC[C@H](C)NC(=O)COc2ccccc2Cl)cc1. The van der Waals surface area contributed by atoms with Gasteiger partial charge in [-0.2, -0.15) is 0 Å². The van der Waals surface area contributed by atoms with E-state index in [-0.39, 0.29) is 18.6 Å². The lowest BCUT2D eigenvalue weighted by Gasteiger charge is -2.15. The topological polar surface area (TPSA) is 47.6 Å². The molecule has 0 spiro atoms. The van der Waals surface area contributed by atoms with Gasteiger partial charge in [-0.05, 0) is 38.1 Å². The van der Waals surface area contributed by atoms with Gasteiger partial charge in [-0.25, -0.2) is 0 Å². The van der Waals surface area contributed by atoms with Crippen molar-refractivity contribution in [2.45, 2.75) is 19.9 Å². The largest absolute Gasteiger partial charge is 0.491 e. The highest BCUT2D eigenvalue weighted by atomic mass is 35.5. The van der Waals surface area contributed by atoms with Gasteiger partial charge in [0.25, 0.3) is 5.91 Å². The first-order valence-electron chi connectivity index (χ1n) is 7.41. The van der Waals surface area contributed by atoms with Gasteiger partial charge in [0, 0.05) is 0 Å². The average Bonchev–Trinajstić information content (AvgIpc) is 2.53. The molecule has 23 heavy (non-hydrogen) atoms. The van der Waals surface area contributed by atoms with Crippen molar-refractivity contribution in [2.75, 3.05) is 13.2 Å². The molecule has 1 atom stereocenters. The maximum Gasteiger partial charge on any atom is 0.258 e. The highest BCUT2D eigenvalue weighted by Gasteiger charge is 2.10. The molecule has 0 saturated carbocycles. The van der Waals surface area contributed by atoms with Crippen LogP contribution in [0.2, 0.25) is 5.02 Å². The van der Waals surface area contributed by atoms with Gasteiger partial charge in [0.05, 0.1) is 11.1 Å². The quantitative estimate of drug-likeness (QED) is 0.842. The summed E-state index contributed by atoms with van der Waals surface area (Å²) in [6.07, 6.45) is 0. The van der Waals surface area contributed by atoms with Crippen LogP contribution in [0.15, 0.2) is 48.5 Å². The smallest absolute Gasteiger partial charge is 0.258 e. The zero-order valence-electron chi connectivity index (χ0n) is 13.2. The number of halogens is 1. The van der Waals surface area contributed by atoms with Gasteiger partial charge in [0.15, 0.2) is 6.61 Å². The molecule has 1 amide bonds. The fourth-order valence-corrected chi connectivity index (χ4v) is 2.11. The molecule has 0 aliphatic heterocycles. The monoisotopic (exact) mass is 333 g/mol.